The van der Waals surface area contributed by atoms with Crippen molar-refractivity contribution in [3.63, 3.8) is 0 Å². The molecule has 0 radical (unpaired) electrons. The van der Waals surface area contributed by atoms with Crippen LogP contribution < -0.4 is 10.6 Å². The summed E-state index contributed by atoms with van der Waals surface area (Å²) in [6.07, 6.45) is 0.929. The molecule has 0 heterocycles. The van der Waals surface area contributed by atoms with Crippen molar-refractivity contribution in [3.8, 4) is 0 Å². The van der Waals surface area contributed by atoms with E-state index in [1.54, 1.807) is 24.1 Å². The highest BCUT2D eigenvalue weighted by Crippen LogP contribution is 2.12. The summed E-state index contributed by atoms with van der Waals surface area (Å²) in [5, 5.41) is 16.9. The number of rotatable bonds is 7. The van der Waals surface area contributed by atoms with Gasteiger partial charge in [-0.15, -0.1) is 24.0 Å². The monoisotopic (exact) mass is 491 g/mol. The van der Waals surface area contributed by atoms with Crippen molar-refractivity contribution in [2.24, 2.45) is 4.99 Å². The molecule has 9 heteroatoms. The lowest BCUT2D eigenvalue weighted by atomic mass is 10.1. The average Bonchev–Trinajstić information content (AvgIpc) is 2.53. The predicted molar refractivity (Wildman–Crippen MR) is 118 cm³/mol. The molecule has 0 aliphatic rings. The number of nitro groups is 1. The molecule has 2 N–H and O–H groups in total. The van der Waals surface area contributed by atoms with Gasteiger partial charge in [-0.05, 0) is 32.8 Å². The molecule has 1 aromatic carbocycles. The molecular formula is C18H30IN5O3. The van der Waals surface area contributed by atoms with Crippen LogP contribution in [0.25, 0.3) is 0 Å². The minimum absolute atomic E-state index is 0. The minimum atomic E-state index is -0.428. The van der Waals surface area contributed by atoms with Gasteiger partial charge in [-0.25, -0.2) is 4.99 Å². The quantitative estimate of drug-likeness (QED) is 0.201. The maximum Gasteiger partial charge on any atom is 0.269 e. The lowest BCUT2D eigenvalue weighted by Gasteiger charge is -2.25. The molecule has 152 valence electrons. The normalized spacial score (nSPS) is 11.4. The number of guanidine groups is 1. The fourth-order valence-electron chi connectivity index (χ4n) is 2.19. The summed E-state index contributed by atoms with van der Waals surface area (Å²) >= 11 is 0. The second kappa shape index (κ2) is 11.7. The van der Waals surface area contributed by atoms with Gasteiger partial charge in [-0.1, -0.05) is 19.1 Å². The first-order chi connectivity index (χ1) is 12.1. The fraction of sp³-hybridized carbons (Fsp3) is 0.556. The SMILES string of the molecule is CCCNC(=NCc1ccc([N+](=O)[O-])cc1)N(C)CC(=O)NC(C)(C)C.I. The van der Waals surface area contributed by atoms with Crippen molar-refractivity contribution < 1.29 is 9.72 Å². The van der Waals surface area contributed by atoms with Crippen LogP contribution in [0.3, 0.4) is 0 Å². The van der Waals surface area contributed by atoms with Crippen molar-refractivity contribution in [1.29, 1.82) is 0 Å². The van der Waals surface area contributed by atoms with E-state index in [0.29, 0.717) is 12.5 Å². The van der Waals surface area contributed by atoms with Gasteiger partial charge in [0.15, 0.2) is 5.96 Å². The first-order valence-corrected chi connectivity index (χ1v) is 8.66. The number of likely N-dealkylation sites (N-methyl/N-ethyl adjacent to an activating group) is 1. The summed E-state index contributed by atoms with van der Waals surface area (Å²) < 4.78 is 0. The molecule has 0 aromatic heterocycles. The standard InChI is InChI=1S/C18H29N5O3.HI/c1-6-11-19-17(22(5)13-16(24)21-18(2,3)4)20-12-14-7-9-15(10-8-14)23(25)26;/h7-10H,6,11-13H2,1-5H3,(H,19,20)(H,21,24);1H. The van der Waals surface area contributed by atoms with Crippen molar-refractivity contribution >= 4 is 41.5 Å². The average molecular weight is 491 g/mol. The van der Waals surface area contributed by atoms with E-state index in [4.69, 9.17) is 0 Å². The van der Waals surface area contributed by atoms with Crippen LogP contribution in [0.1, 0.15) is 39.7 Å². The second-order valence-electron chi connectivity index (χ2n) is 7.14. The fourth-order valence-corrected chi connectivity index (χ4v) is 2.19. The Kier molecular flexibility index (Phi) is 10.9. The molecule has 0 bridgehead atoms. The first kappa shape index (κ1) is 25.1. The van der Waals surface area contributed by atoms with Crippen molar-refractivity contribution in [1.82, 2.24) is 15.5 Å². The Hall–Kier alpha value is -1.91. The van der Waals surface area contributed by atoms with Gasteiger partial charge in [0.25, 0.3) is 5.69 Å². The molecule has 0 aliphatic heterocycles. The maximum absolute atomic E-state index is 12.1. The molecule has 0 saturated carbocycles. The topological polar surface area (TPSA) is 99.9 Å². The number of nitrogens with one attached hydrogen (secondary N) is 2. The van der Waals surface area contributed by atoms with Gasteiger partial charge in [0.2, 0.25) is 5.91 Å². The van der Waals surface area contributed by atoms with E-state index in [-0.39, 0.29) is 47.7 Å². The molecular weight excluding hydrogens is 461 g/mol. The summed E-state index contributed by atoms with van der Waals surface area (Å²) in [4.78, 5) is 28.7. The number of carbonyl (C=O) groups excluding carboxylic acids is 1. The zero-order valence-electron chi connectivity index (χ0n) is 16.6. The predicted octanol–water partition coefficient (Wildman–Crippen LogP) is 2.91. The lowest BCUT2D eigenvalue weighted by molar-refractivity contribution is -0.384. The number of hydrogen-bond donors (Lipinski definition) is 2. The van der Waals surface area contributed by atoms with Crippen molar-refractivity contribution in [2.75, 3.05) is 20.1 Å². The zero-order chi connectivity index (χ0) is 19.7. The molecule has 0 fully saturated rings. The highest BCUT2D eigenvalue weighted by atomic mass is 127. The van der Waals surface area contributed by atoms with Crippen LogP contribution in [0.2, 0.25) is 0 Å². The van der Waals surface area contributed by atoms with Gasteiger partial charge >= 0.3 is 0 Å². The summed E-state index contributed by atoms with van der Waals surface area (Å²) in [7, 11) is 1.81. The van der Waals surface area contributed by atoms with Gasteiger partial charge in [0.05, 0.1) is 18.0 Å². The minimum Gasteiger partial charge on any atom is -0.356 e. The Labute approximate surface area is 178 Å². The third-order valence-corrected chi connectivity index (χ3v) is 3.35. The summed E-state index contributed by atoms with van der Waals surface area (Å²) in [6.45, 7) is 9.15. The zero-order valence-corrected chi connectivity index (χ0v) is 18.9. The van der Waals surface area contributed by atoms with Crippen LogP contribution in [0.15, 0.2) is 29.3 Å². The van der Waals surface area contributed by atoms with Crippen LogP contribution >= 0.6 is 24.0 Å². The Balaban J connectivity index is 0.00000676. The van der Waals surface area contributed by atoms with Gasteiger partial charge in [0, 0.05) is 31.3 Å². The van der Waals surface area contributed by atoms with E-state index in [1.807, 2.05) is 27.7 Å². The maximum atomic E-state index is 12.1. The van der Waals surface area contributed by atoms with E-state index in [9.17, 15) is 14.9 Å². The number of amides is 1. The molecule has 8 nitrogen and oxygen atoms in total. The van der Waals surface area contributed by atoms with Gasteiger partial charge in [-0.3, -0.25) is 14.9 Å². The molecule has 1 rings (SSSR count). The third-order valence-electron chi connectivity index (χ3n) is 3.35. The van der Waals surface area contributed by atoms with E-state index in [1.165, 1.54) is 12.1 Å². The van der Waals surface area contributed by atoms with Crippen molar-refractivity contribution in [3.05, 3.63) is 39.9 Å². The largest absolute Gasteiger partial charge is 0.356 e. The molecule has 1 amide bonds. The van der Waals surface area contributed by atoms with E-state index < -0.39 is 4.92 Å². The number of hydrogen-bond acceptors (Lipinski definition) is 4. The summed E-state index contributed by atoms with van der Waals surface area (Å²) in [5.41, 5.74) is 0.627. The van der Waals surface area contributed by atoms with Crippen LogP contribution in [0.5, 0.6) is 0 Å². The van der Waals surface area contributed by atoms with Crippen molar-refractivity contribution in [2.45, 2.75) is 46.2 Å². The van der Waals surface area contributed by atoms with Gasteiger partial charge in [-0.2, -0.15) is 0 Å². The number of benzene rings is 1. The molecule has 0 atom stereocenters. The Morgan fingerprint density at radius 3 is 2.33 bits per heavy atom. The molecule has 0 spiro atoms. The molecule has 1 aromatic rings. The second-order valence-corrected chi connectivity index (χ2v) is 7.14. The highest BCUT2D eigenvalue weighted by molar-refractivity contribution is 14.0. The number of nitrogens with zero attached hydrogens (tertiary/aromatic N) is 3. The summed E-state index contributed by atoms with van der Waals surface area (Å²) in [5.74, 6) is 0.538. The number of halogens is 1. The Morgan fingerprint density at radius 2 is 1.85 bits per heavy atom. The highest BCUT2D eigenvalue weighted by Gasteiger charge is 2.16. The number of carbonyl (C=O) groups is 1. The molecule has 0 unspecified atom stereocenters. The summed E-state index contributed by atoms with van der Waals surface area (Å²) in [6, 6.07) is 6.30. The number of aliphatic imine (C=N–C) groups is 1. The number of non-ortho nitro benzene ring substituents is 1. The Morgan fingerprint density at radius 1 is 1.26 bits per heavy atom. The number of nitro benzene ring substituents is 1. The van der Waals surface area contributed by atoms with E-state index >= 15 is 0 Å². The smallest absolute Gasteiger partial charge is 0.269 e. The van der Waals surface area contributed by atoms with E-state index in [2.05, 4.69) is 15.6 Å². The van der Waals surface area contributed by atoms with Gasteiger partial charge < -0.3 is 15.5 Å². The molecule has 0 saturated heterocycles. The third kappa shape index (κ3) is 10.1. The van der Waals surface area contributed by atoms with Gasteiger partial charge in [0.1, 0.15) is 0 Å². The lowest BCUT2D eigenvalue weighted by Crippen LogP contribution is -2.48. The molecule has 27 heavy (non-hydrogen) atoms. The van der Waals surface area contributed by atoms with Crippen LogP contribution in [-0.2, 0) is 11.3 Å². The van der Waals surface area contributed by atoms with Crippen LogP contribution in [-0.4, -0.2) is 47.4 Å². The first-order valence-electron chi connectivity index (χ1n) is 8.66. The van der Waals surface area contributed by atoms with Crippen LogP contribution in [0.4, 0.5) is 5.69 Å². The Bertz CT molecular complexity index is 641. The van der Waals surface area contributed by atoms with E-state index in [0.717, 1.165) is 18.5 Å². The van der Waals surface area contributed by atoms with Crippen LogP contribution in [0, 0.1) is 10.1 Å². The molecule has 0 aliphatic carbocycles.